The van der Waals surface area contributed by atoms with Gasteiger partial charge in [-0.2, -0.15) is 26.3 Å². The first-order valence-corrected chi connectivity index (χ1v) is 8.14. The Labute approximate surface area is 153 Å². The second-order valence-electron chi connectivity index (χ2n) is 6.40. The Morgan fingerprint density at radius 3 is 2.54 bits per heavy atom. The molecule has 1 fully saturated rings. The third kappa shape index (κ3) is 3.72. The first-order chi connectivity index (χ1) is 12.9. The summed E-state index contributed by atoms with van der Waals surface area (Å²) in [7, 11) is 0. The van der Waals surface area contributed by atoms with Crippen LogP contribution in [0.15, 0.2) is 6.20 Å². The average molecular weight is 416 g/mol. The number of hydrogen-bond donors (Lipinski definition) is 2. The lowest BCUT2D eigenvalue weighted by Crippen LogP contribution is -2.42. The quantitative estimate of drug-likeness (QED) is 0.753. The van der Waals surface area contributed by atoms with Crippen molar-refractivity contribution in [2.24, 2.45) is 0 Å². The molecule has 0 unspecified atom stereocenters. The molecule has 28 heavy (non-hydrogen) atoms. The van der Waals surface area contributed by atoms with Gasteiger partial charge in [0.05, 0.1) is 36.6 Å². The van der Waals surface area contributed by atoms with Gasteiger partial charge in [-0.3, -0.25) is 0 Å². The van der Waals surface area contributed by atoms with Crippen LogP contribution in [0.25, 0.3) is 5.52 Å². The maximum Gasteiger partial charge on any atom is 0.421 e. The Balaban J connectivity index is 2.13. The molecule has 0 aliphatic carbocycles. The Bertz CT molecular complexity index is 865. The summed E-state index contributed by atoms with van der Waals surface area (Å²) in [6, 6.07) is -0.628. The Kier molecular flexibility index (Phi) is 5.17. The van der Waals surface area contributed by atoms with Crippen LogP contribution in [-0.4, -0.2) is 51.2 Å². The van der Waals surface area contributed by atoms with Crippen LogP contribution in [0.2, 0.25) is 0 Å². The Morgan fingerprint density at radius 2 is 1.96 bits per heavy atom. The standard InChI is InChI=1S/C15H15F7N4O2/c1-6(14(17,18)19)12-10(15(20,21)22)11(16)8-4-23-13(25-26(8)12)24-7-2-3-28-5-9(7)27/h4,6-7,9,27H,2-3,5H2,1H3,(H,24,25)/t6-,7-,9-/m1/s1. The van der Waals surface area contributed by atoms with Crippen molar-refractivity contribution in [1.82, 2.24) is 14.6 Å². The van der Waals surface area contributed by atoms with Gasteiger partial charge < -0.3 is 15.2 Å². The normalized spacial score (nSPS) is 22.5. The van der Waals surface area contributed by atoms with Gasteiger partial charge in [-0.05, 0) is 13.3 Å². The number of aliphatic hydroxyl groups excluding tert-OH is 1. The number of fused-ring (bicyclic) bond motifs is 1. The van der Waals surface area contributed by atoms with E-state index in [9.17, 15) is 35.8 Å². The van der Waals surface area contributed by atoms with Gasteiger partial charge in [0.2, 0.25) is 5.95 Å². The molecule has 2 aromatic heterocycles. The van der Waals surface area contributed by atoms with Crippen LogP contribution in [0.5, 0.6) is 0 Å². The predicted molar refractivity (Wildman–Crippen MR) is 81.3 cm³/mol. The van der Waals surface area contributed by atoms with Crippen molar-refractivity contribution in [1.29, 1.82) is 0 Å². The van der Waals surface area contributed by atoms with Gasteiger partial charge in [0.25, 0.3) is 0 Å². The largest absolute Gasteiger partial charge is 0.421 e. The van der Waals surface area contributed by atoms with E-state index in [4.69, 9.17) is 4.74 Å². The number of nitrogens with one attached hydrogen (secondary N) is 1. The van der Waals surface area contributed by atoms with E-state index in [0.29, 0.717) is 19.5 Å². The zero-order chi connectivity index (χ0) is 20.9. The zero-order valence-corrected chi connectivity index (χ0v) is 14.3. The van der Waals surface area contributed by atoms with Crippen LogP contribution in [0.1, 0.15) is 30.5 Å². The van der Waals surface area contributed by atoms with Crippen molar-refractivity contribution in [3.63, 3.8) is 0 Å². The number of halogens is 7. The minimum absolute atomic E-state index is 0.00730. The molecule has 0 amide bonds. The molecular weight excluding hydrogens is 401 g/mol. The first kappa shape index (κ1) is 20.6. The van der Waals surface area contributed by atoms with Crippen LogP contribution < -0.4 is 5.32 Å². The number of ether oxygens (including phenoxy) is 1. The number of nitrogens with zero attached hydrogens (tertiary/aromatic N) is 3. The molecule has 0 spiro atoms. The lowest BCUT2D eigenvalue weighted by molar-refractivity contribution is -0.155. The minimum Gasteiger partial charge on any atom is -0.389 e. The molecule has 0 radical (unpaired) electrons. The molecule has 3 atom stereocenters. The van der Waals surface area contributed by atoms with E-state index >= 15 is 0 Å². The smallest absolute Gasteiger partial charge is 0.389 e. The lowest BCUT2D eigenvalue weighted by Gasteiger charge is -2.28. The molecule has 2 N–H and O–H groups in total. The highest BCUT2D eigenvalue weighted by atomic mass is 19.4. The molecule has 0 bridgehead atoms. The fourth-order valence-electron chi connectivity index (χ4n) is 2.98. The third-order valence-electron chi connectivity index (χ3n) is 4.49. The number of aliphatic hydroxyl groups is 1. The molecule has 13 heteroatoms. The van der Waals surface area contributed by atoms with E-state index in [1.807, 2.05) is 0 Å². The van der Waals surface area contributed by atoms with E-state index in [-0.39, 0.29) is 23.7 Å². The lowest BCUT2D eigenvalue weighted by atomic mass is 10.0. The summed E-state index contributed by atoms with van der Waals surface area (Å²) in [4.78, 5) is 3.67. The van der Waals surface area contributed by atoms with E-state index in [1.165, 1.54) is 0 Å². The van der Waals surface area contributed by atoms with Crippen molar-refractivity contribution in [3.8, 4) is 0 Å². The second-order valence-corrected chi connectivity index (χ2v) is 6.40. The van der Waals surface area contributed by atoms with Crippen LogP contribution in [0.3, 0.4) is 0 Å². The summed E-state index contributed by atoms with van der Waals surface area (Å²) < 4.78 is 98.9. The van der Waals surface area contributed by atoms with E-state index in [2.05, 4.69) is 15.4 Å². The summed E-state index contributed by atoms with van der Waals surface area (Å²) in [6.07, 6.45) is -10.4. The molecule has 2 aromatic rings. The van der Waals surface area contributed by atoms with Crippen LogP contribution in [0.4, 0.5) is 36.7 Å². The summed E-state index contributed by atoms with van der Waals surface area (Å²) in [5.74, 6) is -4.87. The fourth-order valence-corrected chi connectivity index (χ4v) is 2.98. The number of rotatable bonds is 3. The summed E-state index contributed by atoms with van der Waals surface area (Å²) in [5, 5.41) is 16.1. The fraction of sp³-hybridized carbons (Fsp3) is 0.600. The Hall–Kier alpha value is -2.15. The van der Waals surface area contributed by atoms with Crippen molar-refractivity contribution < 1.29 is 40.6 Å². The topological polar surface area (TPSA) is 71.7 Å². The van der Waals surface area contributed by atoms with Crippen LogP contribution in [-0.2, 0) is 10.9 Å². The van der Waals surface area contributed by atoms with Gasteiger partial charge in [0, 0.05) is 6.61 Å². The van der Waals surface area contributed by atoms with Crippen molar-refractivity contribution in [2.75, 3.05) is 18.5 Å². The van der Waals surface area contributed by atoms with Gasteiger partial charge in [0.15, 0.2) is 5.82 Å². The molecule has 0 aromatic carbocycles. The second kappa shape index (κ2) is 7.03. The molecule has 1 aliphatic heterocycles. The van der Waals surface area contributed by atoms with Gasteiger partial charge >= 0.3 is 12.4 Å². The predicted octanol–water partition coefficient (Wildman–Crippen LogP) is 3.11. The minimum atomic E-state index is -5.36. The van der Waals surface area contributed by atoms with Crippen LogP contribution >= 0.6 is 0 Å². The highest BCUT2D eigenvalue weighted by molar-refractivity contribution is 5.56. The zero-order valence-electron chi connectivity index (χ0n) is 14.3. The van der Waals surface area contributed by atoms with E-state index in [1.54, 1.807) is 0 Å². The maximum atomic E-state index is 14.3. The number of hydrogen-bond acceptors (Lipinski definition) is 5. The molecule has 3 rings (SSSR count). The molecule has 1 saturated heterocycles. The van der Waals surface area contributed by atoms with Gasteiger partial charge in [-0.1, -0.05) is 0 Å². The first-order valence-electron chi connectivity index (χ1n) is 8.14. The molecule has 156 valence electrons. The summed E-state index contributed by atoms with van der Waals surface area (Å²) in [6.45, 7) is 0.768. The average Bonchev–Trinajstić information content (AvgIpc) is 2.87. The number of anilines is 1. The third-order valence-corrected chi connectivity index (χ3v) is 4.49. The van der Waals surface area contributed by atoms with Gasteiger partial charge in [-0.15, -0.1) is 5.10 Å². The van der Waals surface area contributed by atoms with Crippen molar-refractivity contribution in [2.45, 2.75) is 43.8 Å². The summed E-state index contributed by atoms with van der Waals surface area (Å²) in [5.41, 5.74) is -4.24. The van der Waals surface area contributed by atoms with Gasteiger partial charge in [-0.25, -0.2) is 13.9 Å². The van der Waals surface area contributed by atoms with Crippen molar-refractivity contribution in [3.05, 3.63) is 23.3 Å². The monoisotopic (exact) mass is 416 g/mol. The Morgan fingerprint density at radius 1 is 1.29 bits per heavy atom. The maximum absolute atomic E-state index is 14.3. The van der Waals surface area contributed by atoms with Crippen molar-refractivity contribution >= 4 is 11.5 Å². The molecule has 0 saturated carbocycles. The summed E-state index contributed by atoms with van der Waals surface area (Å²) >= 11 is 0. The van der Waals surface area contributed by atoms with E-state index < -0.39 is 53.0 Å². The van der Waals surface area contributed by atoms with Gasteiger partial charge in [0.1, 0.15) is 11.1 Å². The number of aromatic nitrogens is 3. The van der Waals surface area contributed by atoms with Crippen LogP contribution in [0, 0.1) is 5.82 Å². The SMILES string of the molecule is C[C@H](c1c(C(F)(F)F)c(F)c2cnc(N[C@@H]3CCOC[C@H]3O)nn12)C(F)(F)F. The molecule has 1 aliphatic rings. The highest BCUT2D eigenvalue weighted by Gasteiger charge is 2.48. The number of alkyl halides is 6. The van der Waals surface area contributed by atoms with E-state index in [0.717, 1.165) is 0 Å². The molecular formula is C15H15F7N4O2. The highest BCUT2D eigenvalue weighted by Crippen LogP contribution is 2.44. The molecule has 3 heterocycles. The molecule has 6 nitrogen and oxygen atoms in total.